The highest BCUT2D eigenvalue weighted by Crippen LogP contribution is 2.22. The Labute approximate surface area is 103 Å². The molecule has 0 saturated carbocycles. The summed E-state index contributed by atoms with van der Waals surface area (Å²) < 4.78 is 0. The zero-order chi connectivity index (χ0) is 12.3. The first kappa shape index (κ1) is 11.4. The predicted molar refractivity (Wildman–Crippen MR) is 68.1 cm³/mol. The molecule has 2 rings (SSSR count). The smallest absolute Gasteiger partial charge is 0.257 e. The largest absolute Gasteiger partial charge is 0.397 e. The van der Waals surface area contributed by atoms with Crippen molar-refractivity contribution in [2.45, 2.75) is 0 Å². The van der Waals surface area contributed by atoms with Crippen LogP contribution in [0.15, 0.2) is 42.7 Å². The minimum absolute atomic E-state index is 0.257. The van der Waals surface area contributed by atoms with Gasteiger partial charge in [0, 0.05) is 17.4 Å². The molecule has 2 aromatic rings. The molecule has 0 radical (unpaired) electrons. The molecule has 0 fully saturated rings. The Morgan fingerprint density at radius 3 is 2.82 bits per heavy atom. The van der Waals surface area contributed by atoms with E-state index in [0.29, 0.717) is 22.0 Å². The lowest BCUT2D eigenvalue weighted by atomic mass is 10.2. The summed E-state index contributed by atoms with van der Waals surface area (Å²) in [5.41, 5.74) is 7.16. The van der Waals surface area contributed by atoms with Crippen molar-refractivity contribution in [1.82, 2.24) is 4.98 Å². The summed E-state index contributed by atoms with van der Waals surface area (Å²) in [6.07, 6.45) is 3.09. The van der Waals surface area contributed by atoms with E-state index in [1.807, 2.05) is 0 Å². The maximum atomic E-state index is 11.8. The highest BCUT2D eigenvalue weighted by molar-refractivity contribution is 6.31. The monoisotopic (exact) mass is 247 g/mol. The Morgan fingerprint density at radius 2 is 2.18 bits per heavy atom. The highest BCUT2D eigenvalue weighted by Gasteiger charge is 2.07. The van der Waals surface area contributed by atoms with Gasteiger partial charge in [-0.3, -0.25) is 9.78 Å². The average Bonchev–Trinajstić information content (AvgIpc) is 2.34. The molecular formula is C12H10ClN3O. The number of benzene rings is 1. The maximum Gasteiger partial charge on any atom is 0.257 e. The van der Waals surface area contributed by atoms with Crippen LogP contribution in [0.1, 0.15) is 10.4 Å². The number of carbonyl (C=O) groups excluding carboxylic acids is 1. The van der Waals surface area contributed by atoms with Crippen LogP contribution in [-0.2, 0) is 0 Å². The summed E-state index contributed by atoms with van der Waals surface area (Å²) in [6, 6.07) is 8.28. The number of hydrogen-bond donors (Lipinski definition) is 2. The molecule has 0 aliphatic heterocycles. The van der Waals surface area contributed by atoms with Crippen molar-refractivity contribution in [3.8, 4) is 0 Å². The van der Waals surface area contributed by atoms with Gasteiger partial charge in [0.15, 0.2) is 0 Å². The molecule has 0 aliphatic rings. The minimum Gasteiger partial charge on any atom is -0.397 e. The number of anilines is 2. The van der Waals surface area contributed by atoms with Crippen LogP contribution in [0.3, 0.4) is 0 Å². The second kappa shape index (κ2) is 4.84. The van der Waals surface area contributed by atoms with Crippen molar-refractivity contribution in [2.75, 3.05) is 11.1 Å². The van der Waals surface area contributed by atoms with E-state index in [2.05, 4.69) is 10.3 Å². The van der Waals surface area contributed by atoms with E-state index >= 15 is 0 Å². The van der Waals surface area contributed by atoms with Gasteiger partial charge in [0.2, 0.25) is 0 Å². The number of nitrogens with two attached hydrogens (primary N) is 1. The van der Waals surface area contributed by atoms with Crippen LogP contribution in [0.4, 0.5) is 11.4 Å². The van der Waals surface area contributed by atoms with E-state index in [0.717, 1.165) is 0 Å². The van der Waals surface area contributed by atoms with Crippen LogP contribution in [0, 0.1) is 0 Å². The fourth-order valence-corrected chi connectivity index (χ4v) is 1.52. The lowest BCUT2D eigenvalue weighted by Gasteiger charge is -2.07. The van der Waals surface area contributed by atoms with E-state index in [9.17, 15) is 4.79 Å². The predicted octanol–water partition coefficient (Wildman–Crippen LogP) is 2.57. The third-order valence-electron chi connectivity index (χ3n) is 2.19. The van der Waals surface area contributed by atoms with E-state index in [1.165, 1.54) is 6.20 Å². The zero-order valence-corrected chi connectivity index (χ0v) is 9.61. The lowest BCUT2D eigenvalue weighted by Crippen LogP contribution is -2.13. The number of carbonyl (C=O) groups is 1. The van der Waals surface area contributed by atoms with Crippen LogP contribution in [0.25, 0.3) is 0 Å². The molecular weight excluding hydrogens is 238 g/mol. The van der Waals surface area contributed by atoms with Gasteiger partial charge in [-0.15, -0.1) is 0 Å². The Hall–Kier alpha value is -2.07. The fourth-order valence-electron chi connectivity index (χ4n) is 1.34. The van der Waals surface area contributed by atoms with E-state index < -0.39 is 0 Å². The summed E-state index contributed by atoms with van der Waals surface area (Å²) >= 11 is 5.77. The number of nitrogens with one attached hydrogen (secondary N) is 1. The van der Waals surface area contributed by atoms with Gasteiger partial charge in [-0.1, -0.05) is 11.6 Å². The van der Waals surface area contributed by atoms with Crippen LogP contribution in [0.5, 0.6) is 0 Å². The maximum absolute atomic E-state index is 11.8. The van der Waals surface area contributed by atoms with Crippen LogP contribution in [-0.4, -0.2) is 10.9 Å². The normalized spacial score (nSPS) is 9.94. The van der Waals surface area contributed by atoms with Gasteiger partial charge >= 0.3 is 0 Å². The molecule has 0 aliphatic carbocycles. The quantitative estimate of drug-likeness (QED) is 0.802. The second-order valence-electron chi connectivity index (χ2n) is 3.43. The topological polar surface area (TPSA) is 68.0 Å². The molecule has 1 aromatic heterocycles. The first-order chi connectivity index (χ1) is 8.16. The van der Waals surface area contributed by atoms with E-state index in [4.69, 9.17) is 17.3 Å². The van der Waals surface area contributed by atoms with Crippen molar-refractivity contribution >= 4 is 28.9 Å². The summed E-state index contributed by atoms with van der Waals surface area (Å²) in [6.45, 7) is 0. The highest BCUT2D eigenvalue weighted by atomic mass is 35.5. The molecule has 1 aromatic carbocycles. The van der Waals surface area contributed by atoms with Gasteiger partial charge in [0.05, 0.1) is 16.9 Å². The Kier molecular flexibility index (Phi) is 3.25. The molecule has 3 N–H and O–H groups in total. The van der Waals surface area contributed by atoms with Crippen molar-refractivity contribution < 1.29 is 4.79 Å². The molecule has 1 heterocycles. The van der Waals surface area contributed by atoms with Crippen molar-refractivity contribution in [2.24, 2.45) is 0 Å². The summed E-state index contributed by atoms with van der Waals surface area (Å²) in [7, 11) is 0. The van der Waals surface area contributed by atoms with Crippen LogP contribution in [0.2, 0.25) is 5.02 Å². The van der Waals surface area contributed by atoms with Crippen LogP contribution < -0.4 is 11.1 Å². The third kappa shape index (κ3) is 2.73. The standard InChI is InChI=1S/C12H10ClN3O/c13-9-3-4-11(10(14)6-9)16-12(17)8-2-1-5-15-7-8/h1-7H,14H2,(H,16,17). The Balaban J connectivity index is 2.19. The summed E-state index contributed by atoms with van der Waals surface area (Å²) in [5.74, 6) is -0.257. The van der Waals surface area contributed by atoms with Gasteiger partial charge in [-0.2, -0.15) is 0 Å². The van der Waals surface area contributed by atoms with Crippen molar-refractivity contribution in [3.05, 3.63) is 53.3 Å². The number of nitrogen functional groups attached to an aromatic ring is 1. The van der Waals surface area contributed by atoms with Gasteiger partial charge in [0.25, 0.3) is 5.91 Å². The summed E-state index contributed by atoms with van der Waals surface area (Å²) in [5, 5.41) is 3.22. The number of aromatic nitrogens is 1. The molecule has 1 amide bonds. The molecule has 0 saturated heterocycles. The van der Waals surface area contributed by atoms with Gasteiger partial charge in [-0.05, 0) is 30.3 Å². The molecule has 0 atom stereocenters. The molecule has 0 spiro atoms. The van der Waals surface area contributed by atoms with Gasteiger partial charge in [-0.25, -0.2) is 0 Å². The Morgan fingerprint density at radius 1 is 1.35 bits per heavy atom. The number of hydrogen-bond acceptors (Lipinski definition) is 3. The molecule has 0 bridgehead atoms. The fraction of sp³-hybridized carbons (Fsp3) is 0. The number of amides is 1. The number of pyridine rings is 1. The van der Waals surface area contributed by atoms with E-state index in [1.54, 1.807) is 36.5 Å². The molecule has 86 valence electrons. The average molecular weight is 248 g/mol. The molecule has 5 heteroatoms. The number of nitrogens with zero attached hydrogens (tertiary/aromatic N) is 1. The molecule has 0 unspecified atom stereocenters. The van der Waals surface area contributed by atoms with Gasteiger partial charge < -0.3 is 11.1 Å². The number of halogens is 1. The third-order valence-corrected chi connectivity index (χ3v) is 2.42. The van der Waals surface area contributed by atoms with Crippen LogP contribution >= 0.6 is 11.6 Å². The molecule has 17 heavy (non-hydrogen) atoms. The van der Waals surface area contributed by atoms with Gasteiger partial charge in [0.1, 0.15) is 0 Å². The minimum atomic E-state index is -0.257. The lowest BCUT2D eigenvalue weighted by molar-refractivity contribution is 0.102. The first-order valence-corrected chi connectivity index (χ1v) is 5.31. The number of rotatable bonds is 2. The van der Waals surface area contributed by atoms with Crippen molar-refractivity contribution in [1.29, 1.82) is 0 Å². The SMILES string of the molecule is Nc1cc(Cl)ccc1NC(=O)c1cccnc1. The molecule has 4 nitrogen and oxygen atoms in total. The summed E-state index contributed by atoms with van der Waals surface area (Å²) in [4.78, 5) is 15.7. The Bertz CT molecular complexity index is 543. The first-order valence-electron chi connectivity index (χ1n) is 4.93. The second-order valence-corrected chi connectivity index (χ2v) is 3.86. The van der Waals surface area contributed by atoms with E-state index in [-0.39, 0.29) is 5.91 Å². The van der Waals surface area contributed by atoms with Crippen molar-refractivity contribution in [3.63, 3.8) is 0 Å². The zero-order valence-electron chi connectivity index (χ0n) is 8.85.